The van der Waals surface area contributed by atoms with Crippen molar-refractivity contribution in [2.45, 2.75) is 38.7 Å². The van der Waals surface area contributed by atoms with Gasteiger partial charge < -0.3 is 34.5 Å². The van der Waals surface area contributed by atoms with Gasteiger partial charge in [0.1, 0.15) is 0 Å². The number of rotatable bonds is 11. The minimum Gasteiger partial charge on any atom is -0.490 e. The first kappa shape index (κ1) is 26.9. The van der Waals surface area contributed by atoms with Crippen molar-refractivity contribution in [1.82, 2.24) is 10.2 Å². The van der Waals surface area contributed by atoms with E-state index >= 15 is 0 Å². The average molecular weight is 562 g/mol. The van der Waals surface area contributed by atoms with Crippen LogP contribution in [0.2, 0.25) is 0 Å². The fourth-order valence-electron chi connectivity index (χ4n) is 3.39. The number of anilines is 1. The van der Waals surface area contributed by atoms with Gasteiger partial charge in [-0.1, -0.05) is 6.92 Å². The lowest BCUT2D eigenvalue weighted by molar-refractivity contribution is 0.0171. The Balaban J connectivity index is 0.00000363. The second kappa shape index (κ2) is 15.5. The van der Waals surface area contributed by atoms with Crippen LogP contribution in [0.25, 0.3) is 0 Å². The lowest BCUT2D eigenvalue weighted by Gasteiger charge is -2.17. The molecule has 0 radical (unpaired) electrons. The van der Waals surface area contributed by atoms with Crippen molar-refractivity contribution < 1.29 is 18.9 Å². The first-order chi connectivity index (χ1) is 15.2. The van der Waals surface area contributed by atoms with Crippen molar-refractivity contribution in [3.63, 3.8) is 0 Å². The van der Waals surface area contributed by atoms with E-state index in [1.165, 1.54) is 0 Å². The molecule has 9 heteroatoms. The largest absolute Gasteiger partial charge is 0.490 e. The fourth-order valence-corrected chi connectivity index (χ4v) is 3.39. The van der Waals surface area contributed by atoms with Crippen molar-refractivity contribution in [2.75, 3.05) is 71.6 Å². The van der Waals surface area contributed by atoms with E-state index in [1.807, 2.05) is 18.2 Å². The van der Waals surface area contributed by atoms with Crippen molar-refractivity contribution in [2.24, 2.45) is 4.99 Å². The molecule has 1 fully saturated rings. The van der Waals surface area contributed by atoms with Crippen LogP contribution in [0.15, 0.2) is 23.2 Å². The van der Waals surface area contributed by atoms with Crippen molar-refractivity contribution in [1.29, 1.82) is 0 Å². The quantitative estimate of drug-likeness (QED) is 0.186. The van der Waals surface area contributed by atoms with Gasteiger partial charge in [0.05, 0.1) is 25.9 Å². The second-order valence-corrected chi connectivity index (χ2v) is 7.95. The van der Waals surface area contributed by atoms with Gasteiger partial charge in [-0.2, -0.15) is 0 Å². The van der Waals surface area contributed by atoms with Crippen molar-refractivity contribution in [3.05, 3.63) is 18.2 Å². The number of aliphatic imine (C=N–C) groups is 1. The van der Waals surface area contributed by atoms with Crippen LogP contribution >= 0.6 is 24.0 Å². The highest BCUT2D eigenvalue weighted by Gasteiger charge is 2.15. The van der Waals surface area contributed by atoms with Gasteiger partial charge in [-0.15, -0.1) is 24.0 Å². The smallest absolute Gasteiger partial charge is 0.195 e. The SMILES string of the molecule is CCN(C)CCNC(=NCCCOCC1CCCO1)Nc1ccc2c(c1)OCCCO2.I. The summed E-state index contributed by atoms with van der Waals surface area (Å²) < 4.78 is 22.9. The van der Waals surface area contributed by atoms with Crippen molar-refractivity contribution >= 4 is 35.6 Å². The van der Waals surface area contributed by atoms with E-state index in [2.05, 4.69) is 29.5 Å². The maximum atomic E-state index is 5.81. The van der Waals surface area contributed by atoms with Gasteiger partial charge in [0.15, 0.2) is 17.5 Å². The number of ether oxygens (including phenoxy) is 4. The third-order valence-corrected chi connectivity index (χ3v) is 5.38. The van der Waals surface area contributed by atoms with Gasteiger partial charge in [-0.3, -0.25) is 4.99 Å². The van der Waals surface area contributed by atoms with Crippen LogP contribution < -0.4 is 20.1 Å². The first-order valence-electron chi connectivity index (χ1n) is 11.6. The van der Waals surface area contributed by atoms with Crippen LogP contribution in [0, 0.1) is 0 Å². The molecule has 0 spiro atoms. The minimum atomic E-state index is 0. The van der Waals surface area contributed by atoms with Crippen LogP contribution in [0.3, 0.4) is 0 Å². The van der Waals surface area contributed by atoms with E-state index in [0.29, 0.717) is 33.0 Å². The Kier molecular flexibility index (Phi) is 13.1. The summed E-state index contributed by atoms with van der Waals surface area (Å²) in [5.74, 6) is 2.33. The third-order valence-electron chi connectivity index (χ3n) is 5.38. The Labute approximate surface area is 209 Å². The van der Waals surface area contributed by atoms with Crippen LogP contribution in [-0.4, -0.2) is 83.2 Å². The van der Waals surface area contributed by atoms with Gasteiger partial charge >= 0.3 is 0 Å². The molecule has 2 aliphatic heterocycles. The van der Waals surface area contributed by atoms with E-state index in [-0.39, 0.29) is 30.1 Å². The molecule has 8 nitrogen and oxygen atoms in total. The van der Waals surface area contributed by atoms with Crippen molar-refractivity contribution in [3.8, 4) is 11.5 Å². The number of benzene rings is 1. The number of likely N-dealkylation sites (N-methyl/N-ethyl adjacent to an activating group) is 1. The molecule has 1 unspecified atom stereocenters. The number of nitrogens with zero attached hydrogens (tertiary/aromatic N) is 2. The molecule has 1 saturated heterocycles. The molecular formula is C23H39IN4O4. The Morgan fingerprint density at radius 1 is 1.19 bits per heavy atom. The summed E-state index contributed by atoms with van der Waals surface area (Å²) in [6, 6.07) is 5.92. The highest BCUT2D eigenvalue weighted by atomic mass is 127. The van der Waals surface area contributed by atoms with E-state index in [4.69, 9.17) is 23.9 Å². The molecule has 2 aliphatic rings. The van der Waals surface area contributed by atoms with E-state index < -0.39 is 0 Å². The fraction of sp³-hybridized carbons (Fsp3) is 0.696. The minimum absolute atomic E-state index is 0. The predicted octanol–water partition coefficient (Wildman–Crippen LogP) is 3.36. The molecule has 1 aromatic rings. The predicted molar refractivity (Wildman–Crippen MR) is 139 cm³/mol. The average Bonchev–Trinajstić information content (AvgIpc) is 3.19. The molecule has 0 amide bonds. The second-order valence-electron chi connectivity index (χ2n) is 7.95. The maximum Gasteiger partial charge on any atom is 0.195 e. The number of guanidine groups is 1. The summed E-state index contributed by atoms with van der Waals surface area (Å²) in [5, 5.41) is 6.83. The Bertz CT molecular complexity index is 686. The summed E-state index contributed by atoms with van der Waals surface area (Å²) in [4.78, 5) is 7.00. The molecule has 3 rings (SSSR count). The molecule has 0 saturated carbocycles. The van der Waals surface area contributed by atoms with E-state index in [1.54, 1.807) is 0 Å². The maximum absolute atomic E-state index is 5.81. The molecule has 0 aromatic heterocycles. The first-order valence-corrected chi connectivity index (χ1v) is 11.6. The summed E-state index contributed by atoms with van der Waals surface area (Å²) >= 11 is 0. The van der Waals surface area contributed by atoms with Crippen LogP contribution in [0.5, 0.6) is 11.5 Å². The molecule has 32 heavy (non-hydrogen) atoms. The standard InChI is InChI=1S/C23H38N4O4.HI/c1-3-27(2)12-11-25-23(24-10-5-13-28-18-20-7-4-14-29-20)26-19-8-9-21-22(17-19)31-16-6-15-30-21;/h8-9,17,20H,3-7,10-16,18H2,1-2H3,(H2,24,25,26);1H. The lowest BCUT2D eigenvalue weighted by Crippen LogP contribution is -2.37. The zero-order chi connectivity index (χ0) is 21.7. The molecule has 182 valence electrons. The molecule has 1 aromatic carbocycles. The number of nitrogens with one attached hydrogen (secondary N) is 2. The van der Waals surface area contributed by atoms with Gasteiger partial charge in [0.2, 0.25) is 0 Å². The van der Waals surface area contributed by atoms with Crippen LogP contribution in [0.1, 0.15) is 32.6 Å². The summed E-state index contributed by atoms with van der Waals surface area (Å²) in [5.41, 5.74) is 0.925. The Hall–Kier alpha value is -1.30. The molecule has 2 heterocycles. The lowest BCUT2D eigenvalue weighted by atomic mass is 10.2. The highest BCUT2D eigenvalue weighted by Crippen LogP contribution is 2.32. The van der Waals surface area contributed by atoms with Gasteiger partial charge in [-0.25, -0.2) is 0 Å². The Morgan fingerprint density at radius 3 is 2.81 bits per heavy atom. The molecule has 1 atom stereocenters. The van der Waals surface area contributed by atoms with Crippen LogP contribution in [0.4, 0.5) is 5.69 Å². The summed E-state index contributed by atoms with van der Waals surface area (Å²) in [6.45, 7) is 9.24. The molecule has 0 bridgehead atoms. The summed E-state index contributed by atoms with van der Waals surface area (Å²) in [7, 11) is 2.11. The Morgan fingerprint density at radius 2 is 2.03 bits per heavy atom. The zero-order valence-corrected chi connectivity index (χ0v) is 21.8. The highest BCUT2D eigenvalue weighted by molar-refractivity contribution is 14.0. The van der Waals surface area contributed by atoms with E-state index in [0.717, 1.165) is 75.1 Å². The third kappa shape index (κ3) is 9.68. The molecular weight excluding hydrogens is 523 g/mol. The van der Waals surface area contributed by atoms with E-state index in [9.17, 15) is 0 Å². The normalized spacial score (nSPS) is 18.2. The summed E-state index contributed by atoms with van der Waals surface area (Å²) in [6.07, 6.45) is 4.29. The number of hydrogen-bond donors (Lipinski definition) is 2. The number of hydrogen-bond acceptors (Lipinski definition) is 6. The topological polar surface area (TPSA) is 76.6 Å². The van der Waals surface area contributed by atoms with Gasteiger partial charge in [0.25, 0.3) is 0 Å². The van der Waals surface area contributed by atoms with Crippen LogP contribution in [-0.2, 0) is 9.47 Å². The van der Waals surface area contributed by atoms with Gasteiger partial charge in [-0.05, 0) is 45.0 Å². The monoisotopic (exact) mass is 562 g/mol. The molecule has 2 N–H and O–H groups in total. The number of fused-ring (bicyclic) bond motifs is 1. The van der Waals surface area contributed by atoms with Gasteiger partial charge in [0, 0.05) is 51.0 Å². The zero-order valence-electron chi connectivity index (χ0n) is 19.4. The molecule has 0 aliphatic carbocycles. The number of halogens is 1.